The first-order valence-corrected chi connectivity index (χ1v) is 12.7. The van der Waals surface area contributed by atoms with Crippen molar-refractivity contribution in [3.63, 3.8) is 0 Å². The third-order valence-electron chi connectivity index (χ3n) is 5.70. The fourth-order valence-electron chi connectivity index (χ4n) is 4.48. The van der Waals surface area contributed by atoms with E-state index in [1.807, 2.05) is 27.7 Å². The number of nitrogens with one attached hydrogen (secondary N) is 1. The number of aromatic nitrogens is 1. The number of rotatable bonds is 5. The molecule has 0 amide bonds. The third-order valence-corrected chi connectivity index (χ3v) is 5.70. The van der Waals surface area contributed by atoms with Gasteiger partial charge in [-0.05, 0) is 60.4 Å². The van der Waals surface area contributed by atoms with Crippen LogP contribution in [0, 0.1) is 11.8 Å². The largest absolute Gasteiger partial charge is 0.354 e. The molecule has 1 aliphatic rings. The van der Waals surface area contributed by atoms with Gasteiger partial charge in [-0.2, -0.15) is 0 Å². The molecule has 1 aromatic carbocycles. The van der Waals surface area contributed by atoms with Crippen molar-refractivity contribution in [2.24, 2.45) is 11.8 Å². The first kappa shape index (κ1) is 27.0. The molecule has 2 aromatic rings. The van der Waals surface area contributed by atoms with Crippen LogP contribution in [0.5, 0.6) is 0 Å². The zero-order valence-corrected chi connectivity index (χ0v) is 21.4. The van der Waals surface area contributed by atoms with Crippen molar-refractivity contribution in [3.8, 4) is 11.3 Å². The standard InChI is InChI=1S/C26H35N.2C2H6/c1-19(2)16-20(3)17-24(22-12-8-5-6-9-13-22)26-21(4)18-25(27-26)23-14-10-7-11-15-23;2*1-2/h7,10-11,14-15,17-19,22,27H,4-6,8-9,12-13,16H2,1-3H3;2*1-2H3/b20-17+,26-24-;;. The lowest BCUT2D eigenvalue weighted by Gasteiger charge is -2.17. The fraction of sp³-hybridized carbons (Fsp3) is 0.533. The van der Waals surface area contributed by atoms with E-state index < -0.39 is 0 Å². The summed E-state index contributed by atoms with van der Waals surface area (Å²) in [5.74, 6) is 1.34. The molecule has 1 aromatic heterocycles. The Morgan fingerprint density at radius 2 is 1.58 bits per heavy atom. The van der Waals surface area contributed by atoms with Crippen molar-refractivity contribution in [2.45, 2.75) is 93.4 Å². The number of benzene rings is 1. The normalized spacial score (nSPS) is 15.9. The van der Waals surface area contributed by atoms with Gasteiger partial charge in [0.1, 0.15) is 0 Å². The van der Waals surface area contributed by atoms with E-state index in [-0.39, 0.29) is 0 Å². The van der Waals surface area contributed by atoms with E-state index in [4.69, 9.17) is 0 Å². The Morgan fingerprint density at radius 1 is 1.00 bits per heavy atom. The van der Waals surface area contributed by atoms with E-state index >= 15 is 0 Å². The molecule has 1 N–H and O–H groups in total. The molecular weight excluding hydrogens is 374 g/mol. The molecule has 1 aliphatic carbocycles. The monoisotopic (exact) mass is 421 g/mol. The summed E-state index contributed by atoms with van der Waals surface area (Å²) in [6.07, 6.45) is 11.7. The zero-order valence-electron chi connectivity index (χ0n) is 21.4. The lowest BCUT2D eigenvalue weighted by atomic mass is 9.88. The van der Waals surface area contributed by atoms with E-state index in [0.717, 1.165) is 11.6 Å². The van der Waals surface area contributed by atoms with E-state index in [2.05, 4.69) is 74.8 Å². The van der Waals surface area contributed by atoms with Gasteiger partial charge in [0.15, 0.2) is 0 Å². The summed E-state index contributed by atoms with van der Waals surface area (Å²) < 4.78 is 0. The van der Waals surface area contributed by atoms with Gasteiger partial charge in [0.25, 0.3) is 0 Å². The van der Waals surface area contributed by atoms with Crippen LogP contribution in [-0.4, -0.2) is 4.98 Å². The van der Waals surface area contributed by atoms with Crippen LogP contribution in [0.4, 0.5) is 0 Å². The lowest BCUT2D eigenvalue weighted by Crippen LogP contribution is -2.26. The van der Waals surface area contributed by atoms with Crippen molar-refractivity contribution >= 4 is 12.2 Å². The Balaban J connectivity index is 0.00000113. The van der Waals surface area contributed by atoms with Crippen molar-refractivity contribution in [1.82, 2.24) is 4.98 Å². The molecule has 1 saturated carbocycles. The SMILES string of the molecule is C=c1cc(-c2ccccc2)[nH]/c1=C(/C=C(\C)CC(C)C)C1CCCCCC1.CC.CC. The molecule has 3 rings (SSSR count). The van der Waals surface area contributed by atoms with Crippen molar-refractivity contribution < 1.29 is 0 Å². The van der Waals surface area contributed by atoms with Gasteiger partial charge < -0.3 is 4.98 Å². The Kier molecular flexibility index (Phi) is 13.0. The molecule has 1 heteroatoms. The number of hydrogen-bond donors (Lipinski definition) is 1. The van der Waals surface area contributed by atoms with Crippen LogP contribution >= 0.6 is 0 Å². The summed E-state index contributed by atoms with van der Waals surface area (Å²) in [4.78, 5) is 3.73. The molecule has 31 heavy (non-hydrogen) atoms. The first-order chi connectivity index (χ1) is 15.0. The van der Waals surface area contributed by atoms with Gasteiger partial charge in [-0.25, -0.2) is 0 Å². The average Bonchev–Trinajstić information content (AvgIpc) is 2.98. The highest BCUT2D eigenvalue weighted by molar-refractivity contribution is 5.64. The van der Waals surface area contributed by atoms with Crippen LogP contribution in [-0.2, 0) is 0 Å². The fourth-order valence-corrected chi connectivity index (χ4v) is 4.48. The predicted molar refractivity (Wildman–Crippen MR) is 142 cm³/mol. The molecule has 0 radical (unpaired) electrons. The van der Waals surface area contributed by atoms with Crippen LogP contribution < -0.4 is 10.6 Å². The van der Waals surface area contributed by atoms with Gasteiger partial charge in [-0.3, -0.25) is 0 Å². The van der Waals surface area contributed by atoms with Gasteiger partial charge in [0.2, 0.25) is 0 Å². The van der Waals surface area contributed by atoms with Crippen molar-refractivity contribution in [3.05, 3.63) is 58.6 Å². The summed E-state index contributed by atoms with van der Waals surface area (Å²) in [6.45, 7) is 19.3. The van der Waals surface area contributed by atoms with Gasteiger partial charge in [0, 0.05) is 11.0 Å². The highest BCUT2D eigenvalue weighted by atomic mass is 14.7. The highest BCUT2D eigenvalue weighted by Crippen LogP contribution is 2.31. The van der Waals surface area contributed by atoms with Crippen molar-refractivity contribution in [1.29, 1.82) is 0 Å². The highest BCUT2D eigenvalue weighted by Gasteiger charge is 2.17. The molecule has 0 spiro atoms. The second-order valence-corrected chi connectivity index (χ2v) is 8.68. The van der Waals surface area contributed by atoms with Crippen LogP contribution in [0.1, 0.15) is 93.4 Å². The molecule has 1 heterocycles. The summed E-state index contributed by atoms with van der Waals surface area (Å²) in [7, 11) is 0. The van der Waals surface area contributed by atoms with Crippen LogP contribution in [0.25, 0.3) is 23.4 Å². The molecular formula is C30H47N. The summed E-state index contributed by atoms with van der Waals surface area (Å²) in [6, 6.07) is 12.8. The lowest BCUT2D eigenvalue weighted by molar-refractivity contribution is 0.572. The van der Waals surface area contributed by atoms with Gasteiger partial charge in [-0.1, -0.05) is 116 Å². The maximum absolute atomic E-state index is 4.39. The van der Waals surface area contributed by atoms with E-state index in [1.54, 1.807) is 0 Å². The number of H-pyrrole nitrogens is 1. The summed E-state index contributed by atoms with van der Waals surface area (Å²) >= 11 is 0. The van der Waals surface area contributed by atoms with E-state index in [9.17, 15) is 0 Å². The minimum absolute atomic E-state index is 0.650. The van der Waals surface area contributed by atoms with E-state index in [1.165, 1.54) is 66.3 Å². The van der Waals surface area contributed by atoms with Crippen molar-refractivity contribution in [2.75, 3.05) is 0 Å². The minimum atomic E-state index is 0.650. The van der Waals surface area contributed by atoms with Gasteiger partial charge >= 0.3 is 0 Å². The van der Waals surface area contributed by atoms with Gasteiger partial charge in [-0.15, -0.1) is 0 Å². The smallest absolute Gasteiger partial charge is 0.0488 e. The minimum Gasteiger partial charge on any atom is -0.354 e. The van der Waals surface area contributed by atoms with Crippen LogP contribution in [0.2, 0.25) is 0 Å². The van der Waals surface area contributed by atoms with Gasteiger partial charge in [0.05, 0.1) is 0 Å². The topological polar surface area (TPSA) is 15.8 Å². The Morgan fingerprint density at radius 3 is 2.13 bits per heavy atom. The Labute approximate surface area is 192 Å². The third kappa shape index (κ3) is 8.56. The molecule has 0 unspecified atom stereocenters. The Bertz CT molecular complexity index is 859. The molecule has 1 fully saturated rings. The summed E-state index contributed by atoms with van der Waals surface area (Å²) in [5.41, 5.74) is 5.38. The Hall–Kier alpha value is -2.02. The van der Waals surface area contributed by atoms with Crippen LogP contribution in [0.3, 0.4) is 0 Å². The predicted octanol–water partition coefficient (Wildman–Crippen LogP) is 8.26. The quantitative estimate of drug-likeness (QED) is 0.468. The number of allylic oxidation sites excluding steroid dienone is 2. The number of hydrogen-bond acceptors (Lipinski definition) is 0. The molecule has 0 bridgehead atoms. The average molecular weight is 422 g/mol. The van der Waals surface area contributed by atoms with Crippen LogP contribution in [0.15, 0.2) is 48.0 Å². The summed E-state index contributed by atoms with van der Waals surface area (Å²) in [5, 5.41) is 2.38. The second-order valence-electron chi connectivity index (χ2n) is 8.68. The first-order valence-electron chi connectivity index (χ1n) is 12.7. The van der Waals surface area contributed by atoms with E-state index in [0.29, 0.717) is 11.8 Å². The molecule has 0 atom stereocenters. The maximum atomic E-state index is 4.39. The second kappa shape index (κ2) is 14.9. The maximum Gasteiger partial charge on any atom is 0.0488 e. The zero-order chi connectivity index (χ0) is 23.2. The molecule has 0 saturated heterocycles. The number of aromatic amines is 1. The molecule has 0 aliphatic heterocycles. The molecule has 1 nitrogen and oxygen atoms in total. The molecule has 172 valence electrons.